The van der Waals surface area contributed by atoms with Crippen LogP contribution in [0.4, 0.5) is 11.5 Å². The number of hydrogen-bond acceptors (Lipinski definition) is 8. The van der Waals surface area contributed by atoms with Gasteiger partial charge in [-0.1, -0.05) is 29.3 Å². The van der Waals surface area contributed by atoms with E-state index in [1.165, 1.54) is 37.5 Å². The molecule has 174 valence electrons. The van der Waals surface area contributed by atoms with E-state index in [9.17, 15) is 18.0 Å². The van der Waals surface area contributed by atoms with Crippen LogP contribution in [0.25, 0.3) is 0 Å². The minimum atomic E-state index is -3.65. The number of amides is 1. The lowest BCUT2D eigenvalue weighted by molar-refractivity contribution is -0.149. The average Bonchev–Trinajstić information content (AvgIpc) is 3.34. The van der Waals surface area contributed by atoms with Crippen molar-refractivity contribution in [2.45, 2.75) is 4.21 Å². The molecule has 0 saturated heterocycles. The number of carbonyl (C=O) groups is 2. The third kappa shape index (κ3) is 6.57. The van der Waals surface area contributed by atoms with Crippen LogP contribution in [0.2, 0.25) is 10.0 Å². The summed E-state index contributed by atoms with van der Waals surface area (Å²) in [5.41, 5.74) is 0.421. The number of hydrogen-bond donors (Lipinski definition) is 1. The molecule has 2 aromatic heterocycles. The highest BCUT2D eigenvalue weighted by molar-refractivity contribution is 7.94. The van der Waals surface area contributed by atoms with Gasteiger partial charge in [0.25, 0.3) is 15.9 Å². The van der Waals surface area contributed by atoms with Crippen LogP contribution in [0.1, 0.15) is 0 Å². The summed E-state index contributed by atoms with van der Waals surface area (Å²) >= 11 is 12.8. The lowest BCUT2D eigenvalue weighted by Gasteiger charge is -2.18. The van der Waals surface area contributed by atoms with Gasteiger partial charge in [-0.2, -0.15) is 0 Å². The van der Waals surface area contributed by atoms with Gasteiger partial charge in [0, 0.05) is 13.2 Å². The van der Waals surface area contributed by atoms with E-state index in [2.05, 4.69) is 10.3 Å². The first-order valence-electron chi connectivity index (χ1n) is 9.18. The minimum absolute atomic E-state index is 0.0875. The van der Waals surface area contributed by atoms with Gasteiger partial charge in [-0.3, -0.25) is 9.10 Å². The highest BCUT2D eigenvalue weighted by atomic mass is 35.5. The Morgan fingerprint density at radius 1 is 1.15 bits per heavy atom. The van der Waals surface area contributed by atoms with E-state index in [0.717, 1.165) is 15.6 Å². The van der Waals surface area contributed by atoms with Crippen molar-refractivity contribution in [3.05, 3.63) is 64.1 Å². The summed E-state index contributed by atoms with van der Waals surface area (Å²) in [5, 5.41) is 4.53. The number of benzene rings is 1. The molecule has 0 bridgehead atoms. The molecule has 0 atom stereocenters. The quantitative estimate of drug-likeness (QED) is 0.418. The first kappa shape index (κ1) is 24.8. The zero-order valence-corrected chi connectivity index (χ0v) is 20.2. The molecule has 1 N–H and O–H groups in total. The number of aromatic nitrogens is 1. The maximum absolute atomic E-state index is 12.6. The van der Waals surface area contributed by atoms with Gasteiger partial charge < -0.3 is 14.8 Å². The fourth-order valence-corrected chi connectivity index (χ4v) is 5.22. The summed E-state index contributed by atoms with van der Waals surface area (Å²) in [7, 11) is -2.21. The van der Waals surface area contributed by atoms with Crippen molar-refractivity contribution in [2.75, 3.05) is 29.9 Å². The number of carbonyl (C=O) groups excluding carboxylic acids is 2. The van der Waals surface area contributed by atoms with E-state index in [1.54, 1.807) is 23.6 Å². The fourth-order valence-electron chi connectivity index (χ4n) is 2.44. The Morgan fingerprint density at radius 2 is 1.88 bits per heavy atom. The molecule has 0 spiro atoms. The van der Waals surface area contributed by atoms with E-state index in [-0.39, 0.29) is 15.0 Å². The number of rotatable bonds is 9. The standard InChI is InChI=1S/C20H17Cl2N3O6S2/c1-25(33(28,29)19-3-2-8-32-19)14-4-6-15(7-5-14)30-12-18(27)31-11-17(26)24-20-16(22)9-13(21)10-23-20/h2-10H,11-12H2,1H3,(H,23,24,26). The Kier molecular flexibility index (Phi) is 8.14. The lowest BCUT2D eigenvalue weighted by atomic mass is 10.3. The molecular formula is C20H17Cl2N3O6S2. The van der Waals surface area contributed by atoms with Gasteiger partial charge in [-0.05, 0) is 41.8 Å². The summed E-state index contributed by atoms with van der Waals surface area (Å²) in [5.74, 6) is -1.01. The van der Waals surface area contributed by atoms with Crippen molar-refractivity contribution in [2.24, 2.45) is 0 Å². The lowest BCUT2D eigenvalue weighted by Crippen LogP contribution is -2.25. The number of halogens is 2. The molecule has 1 aromatic carbocycles. The van der Waals surface area contributed by atoms with Crippen molar-refractivity contribution < 1.29 is 27.5 Å². The number of nitrogens with one attached hydrogen (secondary N) is 1. The second-order valence-electron chi connectivity index (χ2n) is 6.38. The van der Waals surface area contributed by atoms with Crippen LogP contribution >= 0.6 is 34.5 Å². The van der Waals surface area contributed by atoms with Crippen LogP contribution in [0, 0.1) is 0 Å². The first-order valence-corrected chi connectivity index (χ1v) is 12.3. The van der Waals surface area contributed by atoms with Crippen molar-refractivity contribution in [3.63, 3.8) is 0 Å². The number of thiophene rings is 1. The number of esters is 1. The monoisotopic (exact) mass is 529 g/mol. The highest BCUT2D eigenvalue weighted by Gasteiger charge is 2.22. The van der Waals surface area contributed by atoms with Crippen LogP contribution in [0.5, 0.6) is 5.75 Å². The molecule has 0 aliphatic heterocycles. The van der Waals surface area contributed by atoms with Gasteiger partial charge in [0.15, 0.2) is 19.0 Å². The summed E-state index contributed by atoms with van der Waals surface area (Å²) in [6, 6.07) is 10.7. The molecule has 0 aliphatic carbocycles. The molecule has 0 aliphatic rings. The van der Waals surface area contributed by atoms with Crippen LogP contribution in [0.15, 0.2) is 58.3 Å². The third-order valence-electron chi connectivity index (χ3n) is 4.10. The van der Waals surface area contributed by atoms with Gasteiger partial charge in [0.05, 0.1) is 15.7 Å². The second-order valence-corrected chi connectivity index (χ2v) is 10.4. The van der Waals surface area contributed by atoms with E-state index in [1.807, 2.05) is 0 Å². The maximum atomic E-state index is 12.6. The van der Waals surface area contributed by atoms with Crippen LogP contribution in [-0.4, -0.2) is 45.5 Å². The summed E-state index contributed by atoms with van der Waals surface area (Å²) in [4.78, 5) is 27.6. The molecule has 33 heavy (non-hydrogen) atoms. The topological polar surface area (TPSA) is 115 Å². The first-order chi connectivity index (χ1) is 15.7. The van der Waals surface area contributed by atoms with Gasteiger partial charge >= 0.3 is 5.97 Å². The molecule has 0 unspecified atom stereocenters. The molecule has 0 saturated carbocycles. The summed E-state index contributed by atoms with van der Waals surface area (Å²) in [6.45, 7) is -1.01. The largest absolute Gasteiger partial charge is 0.482 e. The van der Waals surface area contributed by atoms with Crippen molar-refractivity contribution in [3.8, 4) is 5.75 Å². The third-order valence-corrected chi connectivity index (χ3v) is 7.75. The van der Waals surface area contributed by atoms with E-state index < -0.39 is 35.1 Å². The molecule has 3 aromatic rings. The molecule has 0 radical (unpaired) electrons. The fraction of sp³-hybridized carbons (Fsp3) is 0.150. The number of sulfonamides is 1. The van der Waals surface area contributed by atoms with Gasteiger partial charge in [-0.25, -0.2) is 18.2 Å². The number of nitrogens with zero attached hydrogens (tertiary/aromatic N) is 2. The minimum Gasteiger partial charge on any atom is -0.482 e. The Morgan fingerprint density at radius 3 is 2.52 bits per heavy atom. The van der Waals surface area contributed by atoms with E-state index in [0.29, 0.717) is 16.5 Å². The predicted octanol–water partition coefficient (Wildman–Crippen LogP) is 3.84. The second kappa shape index (κ2) is 10.8. The Balaban J connectivity index is 1.47. The van der Waals surface area contributed by atoms with Crippen LogP contribution < -0.4 is 14.4 Å². The summed E-state index contributed by atoms with van der Waals surface area (Å²) < 4.78 is 36.7. The Hall–Kier alpha value is -2.86. The molecule has 3 rings (SSSR count). The smallest absolute Gasteiger partial charge is 0.344 e. The van der Waals surface area contributed by atoms with Crippen molar-refractivity contribution in [1.82, 2.24) is 4.98 Å². The molecule has 1 amide bonds. The van der Waals surface area contributed by atoms with Crippen molar-refractivity contribution >= 4 is 67.9 Å². The number of pyridine rings is 1. The molecule has 13 heteroatoms. The number of ether oxygens (including phenoxy) is 2. The number of anilines is 2. The zero-order chi connectivity index (χ0) is 24.0. The molecule has 2 heterocycles. The van der Waals surface area contributed by atoms with E-state index >= 15 is 0 Å². The maximum Gasteiger partial charge on any atom is 0.344 e. The molecular weight excluding hydrogens is 513 g/mol. The summed E-state index contributed by atoms with van der Waals surface area (Å²) in [6.07, 6.45) is 1.31. The Labute approximate surface area is 203 Å². The van der Waals surface area contributed by atoms with Gasteiger partial charge in [0.2, 0.25) is 0 Å². The van der Waals surface area contributed by atoms with Gasteiger partial charge in [-0.15, -0.1) is 11.3 Å². The predicted molar refractivity (Wildman–Crippen MR) is 126 cm³/mol. The van der Waals surface area contributed by atoms with Gasteiger partial charge in [0.1, 0.15) is 9.96 Å². The van der Waals surface area contributed by atoms with E-state index in [4.69, 9.17) is 32.7 Å². The van der Waals surface area contributed by atoms with Crippen molar-refractivity contribution in [1.29, 1.82) is 0 Å². The SMILES string of the molecule is CN(c1ccc(OCC(=O)OCC(=O)Nc2ncc(Cl)cc2Cl)cc1)S(=O)(=O)c1cccs1. The highest BCUT2D eigenvalue weighted by Crippen LogP contribution is 2.26. The normalized spacial score (nSPS) is 11.0. The van der Waals surface area contributed by atoms with Crippen LogP contribution in [-0.2, 0) is 24.3 Å². The molecule has 9 nitrogen and oxygen atoms in total. The average molecular weight is 530 g/mol. The molecule has 0 fully saturated rings. The Bertz CT molecular complexity index is 1240. The van der Waals surface area contributed by atoms with Crippen LogP contribution in [0.3, 0.4) is 0 Å². The zero-order valence-electron chi connectivity index (χ0n) is 17.0.